The van der Waals surface area contributed by atoms with E-state index < -0.39 is 0 Å². The number of amides is 2. The average molecular weight is 331 g/mol. The van der Waals surface area contributed by atoms with Gasteiger partial charge < -0.3 is 5.32 Å². The van der Waals surface area contributed by atoms with Gasteiger partial charge in [0.2, 0.25) is 5.91 Å². The van der Waals surface area contributed by atoms with E-state index in [9.17, 15) is 9.59 Å². The van der Waals surface area contributed by atoms with E-state index in [4.69, 9.17) is 0 Å². The third kappa shape index (κ3) is 4.69. The summed E-state index contributed by atoms with van der Waals surface area (Å²) in [5, 5.41) is 3.49. The molecule has 1 N–H and O–H groups in total. The van der Waals surface area contributed by atoms with Crippen LogP contribution < -0.4 is 5.32 Å². The topological polar surface area (TPSA) is 61.8 Å². The van der Waals surface area contributed by atoms with Gasteiger partial charge in [0.15, 0.2) is 5.17 Å². The molecule has 0 aromatic heterocycles. The summed E-state index contributed by atoms with van der Waals surface area (Å²) in [5.41, 5.74) is 1.17. The summed E-state index contributed by atoms with van der Waals surface area (Å²) in [6.45, 7) is 5.52. The van der Waals surface area contributed by atoms with Crippen LogP contribution in [0.15, 0.2) is 46.3 Å². The number of carbonyl (C=O) groups excluding carboxylic acids is 2. The Balaban J connectivity index is 1.92. The first-order chi connectivity index (χ1) is 11.2. The van der Waals surface area contributed by atoms with Crippen molar-refractivity contribution < 1.29 is 9.59 Å². The second-order valence-corrected chi connectivity index (χ2v) is 5.95. The first-order valence-electron chi connectivity index (χ1n) is 7.73. The molecule has 1 aromatic rings. The zero-order valence-electron chi connectivity index (χ0n) is 13.4. The van der Waals surface area contributed by atoms with E-state index in [0.717, 1.165) is 6.42 Å². The van der Waals surface area contributed by atoms with Crippen molar-refractivity contribution in [1.82, 2.24) is 10.2 Å². The fourth-order valence-electron chi connectivity index (χ4n) is 2.18. The first-order valence-corrected chi connectivity index (χ1v) is 8.55. The Kier molecular flexibility index (Phi) is 6.40. The molecule has 0 saturated carbocycles. The van der Waals surface area contributed by atoms with Gasteiger partial charge in [-0.2, -0.15) is 0 Å². The average Bonchev–Trinajstić information content (AvgIpc) is 2.84. The summed E-state index contributed by atoms with van der Waals surface area (Å²) in [7, 11) is 0. The van der Waals surface area contributed by atoms with Crippen molar-refractivity contribution in [2.75, 3.05) is 19.6 Å². The largest absolute Gasteiger partial charge is 0.352 e. The number of nitrogens with zero attached hydrogens (tertiary/aromatic N) is 2. The number of hydrogen-bond acceptors (Lipinski definition) is 4. The van der Waals surface area contributed by atoms with E-state index in [-0.39, 0.29) is 11.8 Å². The van der Waals surface area contributed by atoms with Crippen molar-refractivity contribution in [3.05, 3.63) is 46.9 Å². The van der Waals surface area contributed by atoms with Gasteiger partial charge in [-0.05, 0) is 37.6 Å². The third-order valence-corrected chi connectivity index (χ3v) is 4.36. The monoisotopic (exact) mass is 331 g/mol. The molecule has 1 aliphatic heterocycles. The summed E-state index contributed by atoms with van der Waals surface area (Å²) < 4.78 is 0. The molecule has 122 valence electrons. The number of nitrogens with one attached hydrogen (secondary N) is 1. The highest BCUT2D eigenvalue weighted by Crippen LogP contribution is 2.30. The number of amidine groups is 1. The van der Waals surface area contributed by atoms with Crippen molar-refractivity contribution in [2.24, 2.45) is 4.99 Å². The quantitative estimate of drug-likeness (QED) is 0.813. The minimum Gasteiger partial charge on any atom is -0.352 e. The number of hydrogen-bond donors (Lipinski definition) is 1. The number of thioether (sulfide) groups is 1. The molecule has 1 saturated heterocycles. The summed E-state index contributed by atoms with van der Waals surface area (Å²) in [5.74, 6) is -0.395. The molecule has 0 atom stereocenters. The molecule has 5 nitrogen and oxygen atoms in total. The molecule has 2 amide bonds. The second kappa shape index (κ2) is 8.53. The Bertz CT molecular complexity index is 626. The standard InChI is InChI=1S/C17H21N3O2S/c1-3-18-17-20(4-2)16(22)14(23-17)12-15(21)19-11-10-13-8-6-5-7-9-13/h5-9,12H,3-4,10-11H2,1-2H3,(H,19,21)/b14-12+,18-17?. The second-order valence-electron chi connectivity index (χ2n) is 4.94. The van der Waals surface area contributed by atoms with Crippen LogP contribution in [0, 0.1) is 0 Å². The molecule has 0 spiro atoms. The van der Waals surface area contributed by atoms with Gasteiger partial charge in [0.25, 0.3) is 5.91 Å². The van der Waals surface area contributed by atoms with Gasteiger partial charge in [0, 0.05) is 25.7 Å². The van der Waals surface area contributed by atoms with Crippen LogP contribution in [0.4, 0.5) is 0 Å². The molecular weight excluding hydrogens is 310 g/mol. The van der Waals surface area contributed by atoms with Gasteiger partial charge in [-0.15, -0.1) is 0 Å². The molecule has 2 rings (SSSR count). The van der Waals surface area contributed by atoms with Crippen LogP contribution in [-0.4, -0.2) is 41.5 Å². The van der Waals surface area contributed by atoms with Gasteiger partial charge >= 0.3 is 0 Å². The van der Waals surface area contributed by atoms with Gasteiger partial charge in [0.05, 0.1) is 4.91 Å². The van der Waals surface area contributed by atoms with E-state index in [1.54, 1.807) is 4.90 Å². The maximum Gasteiger partial charge on any atom is 0.266 e. The van der Waals surface area contributed by atoms with Crippen molar-refractivity contribution in [3.63, 3.8) is 0 Å². The SMILES string of the molecule is CCN=C1S/C(=C/C(=O)NCCc2ccccc2)C(=O)N1CC. The van der Waals surface area contributed by atoms with Crippen LogP contribution in [0.25, 0.3) is 0 Å². The zero-order valence-corrected chi connectivity index (χ0v) is 14.2. The smallest absolute Gasteiger partial charge is 0.266 e. The van der Waals surface area contributed by atoms with Crippen LogP contribution >= 0.6 is 11.8 Å². The lowest BCUT2D eigenvalue weighted by molar-refractivity contribution is -0.123. The van der Waals surface area contributed by atoms with E-state index in [0.29, 0.717) is 29.7 Å². The molecule has 1 aromatic carbocycles. The van der Waals surface area contributed by atoms with Crippen LogP contribution in [0.2, 0.25) is 0 Å². The minimum atomic E-state index is -0.245. The Morgan fingerprint density at radius 2 is 2.04 bits per heavy atom. The third-order valence-electron chi connectivity index (χ3n) is 3.32. The van der Waals surface area contributed by atoms with Crippen molar-refractivity contribution >= 4 is 28.7 Å². The molecule has 1 heterocycles. The van der Waals surface area contributed by atoms with E-state index >= 15 is 0 Å². The van der Waals surface area contributed by atoms with Gasteiger partial charge in [-0.3, -0.25) is 19.5 Å². The highest BCUT2D eigenvalue weighted by Gasteiger charge is 2.32. The summed E-state index contributed by atoms with van der Waals surface area (Å²) in [6, 6.07) is 9.95. The zero-order chi connectivity index (χ0) is 16.7. The van der Waals surface area contributed by atoms with E-state index in [1.807, 2.05) is 44.2 Å². The summed E-state index contributed by atoms with van der Waals surface area (Å²) in [4.78, 5) is 30.5. The normalized spacial score (nSPS) is 18.0. The molecule has 6 heteroatoms. The summed E-state index contributed by atoms with van der Waals surface area (Å²) in [6.07, 6.45) is 2.14. The number of aliphatic imine (C=N–C) groups is 1. The number of benzene rings is 1. The van der Waals surface area contributed by atoms with Gasteiger partial charge in [0.1, 0.15) is 0 Å². The lowest BCUT2D eigenvalue weighted by Crippen LogP contribution is -2.29. The fraction of sp³-hybridized carbons (Fsp3) is 0.353. The lowest BCUT2D eigenvalue weighted by atomic mass is 10.1. The molecule has 1 aliphatic rings. The molecular formula is C17H21N3O2S. The van der Waals surface area contributed by atoms with Crippen LogP contribution in [0.5, 0.6) is 0 Å². The highest BCUT2D eigenvalue weighted by molar-refractivity contribution is 8.18. The minimum absolute atomic E-state index is 0.150. The Morgan fingerprint density at radius 3 is 2.70 bits per heavy atom. The highest BCUT2D eigenvalue weighted by atomic mass is 32.2. The van der Waals surface area contributed by atoms with Crippen LogP contribution in [-0.2, 0) is 16.0 Å². The molecule has 0 unspecified atom stereocenters. The van der Waals surface area contributed by atoms with Crippen molar-refractivity contribution in [2.45, 2.75) is 20.3 Å². The van der Waals surface area contributed by atoms with E-state index in [1.165, 1.54) is 23.4 Å². The number of carbonyl (C=O) groups is 2. The van der Waals surface area contributed by atoms with Gasteiger partial charge in [-0.25, -0.2) is 0 Å². The molecule has 1 fully saturated rings. The predicted octanol–water partition coefficient (Wildman–Crippen LogP) is 2.20. The fourth-order valence-corrected chi connectivity index (χ4v) is 3.26. The number of likely N-dealkylation sites (N-methyl/N-ethyl adjacent to an activating group) is 1. The maximum atomic E-state index is 12.2. The first kappa shape index (κ1) is 17.3. The van der Waals surface area contributed by atoms with E-state index in [2.05, 4.69) is 10.3 Å². The molecule has 23 heavy (non-hydrogen) atoms. The van der Waals surface area contributed by atoms with Crippen molar-refractivity contribution in [3.8, 4) is 0 Å². The molecule has 0 aliphatic carbocycles. The molecule has 0 bridgehead atoms. The summed E-state index contributed by atoms with van der Waals surface area (Å²) >= 11 is 1.26. The predicted molar refractivity (Wildman–Crippen MR) is 94.2 cm³/mol. The maximum absolute atomic E-state index is 12.2. The van der Waals surface area contributed by atoms with Crippen LogP contribution in [0.1, 0.15) is 19.4 Å². The van der Waals surface area contributed by atoms with Crippen molar-refractivity contribution in [1.29, 1.82) is 0 Å². The number of rotatable bonds is 6. The van der Waals surface area contributed by atoms with Gasteiger partial charge in [-0.1, -0.05) is 30.3 Å². The Hall–Kier alpha value is -2.08. The Labute approximate surface area is 140 Å². The molecule has 0 radical (unpaired) electrons. The van der Waals surface area contributed by atoms with Crippen LogP contribution in [0.3, 0.4) is 0 Å². The Morgan fingerprint density at radius 1 is 1.30 bits per heavy atom. The lowest BCUT2D eigenvalue weighted by Gasteiger charge is -2.11.